The Kier molecular flexibility index (Phi) is 2.14. The summed E-state index contributed by atoms with van der Waals surface area (Å²) in [4.78, 5) is 0. The monoisotopic (exact) mass is 216 g/mol. The summed E-state index contributed by atoms with van der Waals surface area (Å²) in [5, 5.41) is 0.734. The second-order valence-corrected chi connectivity index (χ2v) is 4.26. The number of fused-ring (bicyclic) bond motifs is 1. The average Bonchev–Trinajstić information content (AvgIpc) is 2.45. The molecule has 0 fully saturated rings. The molecular formula is C9H6ClFOS. The summed E-state index contributed by atoms with van der Waals surface area (Å²) in [5.41, 5.74) is 0. The minimum atomic E-state index is -0.357. The first-order chi connectivity index (χ1) is 6.22. The molecule has 1 aromatic carbocycles. The number of halogens is 2. The topological polar surface area (TPSA) is 9.23 Å². The second-order valence-electron chi connectivity index (χ2n) is 2.54. The summed E-state index contributed by atoms with van der Waals surface area (Å²) in [6.45, 7) is 0. The third kappa shape index (κ3) is 1.38. The first-order valence-corrected chi connectivity index (χ1v) is 4.83. The van der Waals surface area contributed by atoms with Crippen LogP contribution in [0.15, 0.2) is 18.2 Å². The van der Waals surface area contributed by atoms with E-state index < -0.39 is 0 Å². The van der Waals surface area contributed by atoms with Crippen molar-refractivity contribution in [1.82, 2.24) is 0 Å². The van der Waals surface area contributed by atoms with E-state index in [9.17, 15) is 4.39 Å². The lowest BCUT2D eigenvalue weighted by Crippen LogP contribution is -1.87. The number of rotatable bonds is 1. The van der Waals surface area contributed by atoms with E-state index in [2.05, 4.69) is 0 Å². The zero-order valence-electron chi connectivity index (χ0n) is 6.80. The molecule has 2 aromatic rings. The maximum atomic E-state index is 13.2. The van der Waals surface area contributed by atoms with Gasteiger partial charge in [0.25, 0.3) is 0 Å². The average molecular weight is 217 g/mol. The molecule has 0 bridgehead atoms. The number of hydrogen-bond acceptors (Lipinski definition) is 2. The molecule has 0 N–H and O–H groups in total. The lowest BCUT2D eigenvalue weighted by atomic mass is 10.2. The summed E-state index contributed by atoms with van der Waals surface area (Å²) >= 11 is 7.21. The van der Waals surface area contributed by atoms with Crippen molar-refractivity contribution in [2.75, 3.05) is 7.11 Å². The van der Waals surface area contributed by atoms with Crippen LogP contribution < -0.4 is 4.74 Å². The van der Waals surface area contributed by atoms with E-state index in [1.54, 1.807) is 12.1 Å². The van der Waals surface area contributed by atoms with Crippen molar-refractivity contribution in [3.63, 3.8) is 0 Å². The van der Waals surface area contributed by atoms with Crippen LogP contribution in [-0.2, 0) is 0 Å². The second kappa shape index (κ2) is 3.16. The van der Waals surface area contributed by atoms with Crippen molar-refractivity contribution >= 4 is 33.0 Å². The van der Waals surface area contributed by atoms with Crippen LogP contribution in [-0.4, -0.2) is 7.11 Å². The van der Waals surface area contributed by atoms with Crippen LogP contribution in [0, 0.1) is 5.82 Å². The molecule has 0 radical (unpaired) electrons. The van der Waals surface area contributed by atoms with E-state index >= 15 is 0 Å². The Balaban J connectivity index is 2.82. The van der Waals surface area contributed by atoms with Gasteiger partial charge in [0.15, 0.2) is 11.6 Å². The van der Waals surface area contributed by atoms with E-state index in [-0.39, 0.29) is 11.6 Å². The molecule has 1 heterocycles. The minimum Gasteiger partial charge on any atom is -0.493 e. The Morgan fingerprint density at radius 2 is 2.23 bits per heavy atom. The maximum Gasteiger partial charge on any atom is 0.165 e. The lowest BCUT2D eigenvalue weighted by molar-refractivity contribution is 0.392. The van der Waals surface area contributed by atoms with Crippen LogP contribution in [0.4, 0.5) is 4.39 Å². The third-order valence-electron chi connectivity index (χ3n) is 1.78. The fourth-order valence-electron chi connectivity index (χ4n) is 1.24. The number of hydrogen-bond donors (Lipinski definition) is 0. The molecule has 0 atom stereocenters. The van der Waals surface area contributed by atoms with E-state index in [0.717, 1.165) is 10.1 Å². The van der Waals surface area contributed by atoms with Gasteiger partial charge >= 0.3 is 0 Å². The summed E-state index contributed by atoms with van der Waals surface area (Å²) in [6, 6.07) is 4.79. The third-order valence-corrected chi connectivity index (χ3v) is 3.01. The van der Waals surface area contributed by atoms with Crippen molar-refractivity contribution in [2.24, 2.45) is 0 Å². The molecule has 2 rings (SSSR count). The van der Waals surface area contributed by atoms with E-state index in [4.69, 9.17) is 16.3 Å². The smallest absolute Gasteiger partial charge is 0.165 e. The fourth-order valence-corrected chi connectivity index (χ4v) is 2.38. The van der Waals surface area contributed by atoms with E-state index in [0.29, 0.717) is 4.34 Å². The van der Waals surface area contributed by atoms with Gasteiger partial charge < -0.3 is 4.74 Å². The number of benzene rings is 1. The van der Waals surface area contributed by atoms with Gasteiger partial charge in [-0.05, 0) is 18.2 Å². The normalized spacial score (nSPS) is 10.7. The summed E-state index contributed by atoms with van der Waals surface area (Å²) < 4.78 is 19.7. The zero-order valence-corrected chi connectivity index (χ0v) is 8.38. The summed E-state index contributed by atoms with van der Waals surface area (Å²) in [5.74, 6) is -0.0925. The first-order valence-electron chi connectivity index (χ1n) is 3.64. The lowest BCUT2D eigenvalue weighted by Gasteiger charge is -2.01. The van der Waals surface area contributed by atoms with Crippen LogP contribution in [0.5, 0.6) is 5.75 Å². The van der Waals surface area contributed by atoms with E-state index in [1.807, 2.05) is 0 Å². The molecule has 1 nitrogen and oxygen atoms in total. The molecule has 0 saturated carbocycles. The van der Waals surface area contributed by atoms with Gasteiger partial charge in [-0.2, -0.15) is 0 Å². The van der Waals surface area contributed by atoms with Crippen molar-refractivity contribution in [2.45, 2.75) is 0 Å². The number of ether oxygens (including phenoxy) is 1. The van der Waals surface area contributed by atoms with Gasteiger partial charge in [-0.25, -0.2) is 4.39 Å². The van der Waals surface area contributed by atoms with Crippen LogP contribution >= 0.6 is 22.9 Å². The standard InChI is InChI=1S/C9H6ClFOS/c1-12-9-5-4-8(10)13-7(5)3-2-6(9)11/h2-4H,1H3. The quantitative estimate of drug-likeness (QED) is 0.706. The van der Waals surface area contributed by atoms with Crippen LogP contribution in [0.2, 0.25) is 4.34 Å². The van der Waals surface area contributed by atoms with Crippen LogP contribution in [0.3, 0.4) is 0 Å². The molecule has 0 unspecified atom stereocenters. The highest BCUT2D eigenvalue weighted by Crippen LogP contribution is 2.36. The molecule has 0 amide bonds. The predicted molar refractivity (Wildman–Crippen MR) is 53.3 cm³/mol. The molecule has 68 valence electrons. The van der Waals surface area contributed by atoms with Crippen molar-refractivity contribution in [3.8, 4) is 5.75 Å². The Labute approximate surface area is 83.7 Å². The zero-order chi connectivity index (χ0) is 9.42. The Morgan fingerprint density at radius 3 is 2.92 bits per heavy atom. The first kappa shape index (κ1) is 8.78. The van der Waals surface area contributed by atoms with Gasteiger partial charge in [-0.15, -0.1) is 11.3 Å². The Hall–Kier alpha value is -0.800. The molecule has 0 aliphatic rings. The van der Waals surface area contributed by atoms with Crippen molar-refractivity contribution in [3.05, 3.63) is 28.4 Å². The molecule has 0 saturated heterocycles. The van der Waals surface area contributed by atoms with Gasteiger partial charge in [0, 0.05) is 10.1 Å². The summed E-state index contributed by atoms with van der Waals surface area (Å²) in [6.07, 6.45) is 0. The van der Waals surface area contributed by atoms with Gasteiger partial charge in [0.05, 0.1) is 11.4 Å². The highest BCUT2D eigenvalue weighted by atomic mass is 35.5. The van der Waals surface area contributed by atoms with Crippen LogP contribution in [0.25, 0.3) is 10.1 Å². The molecule has 13 heavy (non-hydrogen) atoms. The molecule has 1 aromatic heterocycles. The van der Waals surface area contributed by atoms with Crippen molar-refractivity contribution in [1.29, 1.82) is 0 Å². The molecule has 0 spiro atoms. The van der Waals surface area contributed by atoms with Gasteiger partial charge in [0.1, 0.15) is 0 Å². The molecule has 4 heteroatoms. The van der Waals surface area contributed by atoms with Gasteiger partial charge in [0.2, 0.25) is 0 Å². The highest BCUT2D eigenvalue weighted by Gasteiger charge is 2.10. The van der Waals surface area contributed by atoms with E-state index in [1.165, 1.54) is 24.5 Å². The fraction of sp³-hybridized carbons (Fsp3) is 0.111. The van der Waals surface area contributed by atoms with Crippen molar-refractivity contribution < 1.29 is 9.13 Å². The van der Waals surface area contributed by atoms with Crippen LogP contribution in [0.1, 0.15) is 0 Å². The van der Waals surface area contributed by atoms with Gasteiger partial charge in [-0.1, -0.05) is 11.6 Å². The SMILES string of the molecule is COc1c(F)ccc2sc(Cl)cc12. The molecule has 0 aliphatic carbocycles. The Morgan fingerprint density at radius 1 is 1.46 bits per heavy atom. The summed E-state index contributed by atoms with van der Waals surface area (Å²) in [7, 11) is 1.45. The Bertz CT molecular complexity index is 452. The highest BCUT2D eigenvalue weighted by molar-refractivity contribution is 7.22. The number of thiophene rings is 1. The molecule has 0 aliphatic heterocycles. The molecular weight excluding hydrogens is 211 g/mol. The van der Waals surface area contributed by atoms with Gasteiger partial charge in [-0.3, -0.25) is 0 Å². The maximum absolute atomic E-state index is 13.2. The largest absolute Gasteiger partial charge is 0.493 e. The minimum absolute atomic E-state index is 0.264. The predicted octanol–water partition coefficient (Wildman–Crippen LogP) is 3.70. The number of methoxy groups -OCH3 is 1.